The summed E-state index contributed by atoms with van der Waals surface area (Å²) < 4.78 is 49.4. The average Bonchev–Trinajstić information content (AvgIpc) is 2.95. The van der Waals surface area contributed by atoms with Crippen molar-refractivity contribution in [2.45, 2.75) is 12.7 Å². The van der Waals surface area contributed by atoms with Gasteiger partial charge < -0.3 is 20.1 Å². The molecule has 0 unspecified atom stereocenters. The molecule has 0 heterocycles. The summed E-state index contributed by atoms with van der Waals surface area (Å²) in [4.78, 5) is 25.9. The molecule has 0 aliphatic heterocycles. The van der Waals surface area contributed by atoms with Gasteiger partial charge in [0.05, 0.1) is 19.8 Å². The maximum Gasteiger partial charge on any atom is 0.416 e. The zero-order valence-electron chi connectivity index (χ0n) is 21.1. The third-order valence-corrected chi connectivity index (χ3v) is 5.98. The zero-order chi connectivity index (χ0) is 28.0. The first-order chi connectivity index (χ1) is 18.7. The second-order valence-corrected chi connectivity index (χ2v) is 8.53. The van der Waals surface area contributed by atoms with E-state index >= 15 is 0 Å². The van der Waals surface area contributed by atoms with Gasteiger partial charge in [0.25, 0.3) is 11.8 Å². The van der Waals surface area contributed by atoms with E-state index in [9.17, 15) is 22.8 Å². The fourth-order valence-electron chi connectivity index (χ4n) is 3.98. The Kier molecular flexibility index (Phi) is 8.19. The van der Waals surface area contributed by atoms with E-state index in [0.29, 0.717) is 33.9 Å². The second-order valence-electron chi connectivity index (χ2n) is 8.53. The molecule has 0 saturated heterocycles. The molecule has 2 N–H and O–H groups in total. The Morgan fingerprint density at radius 1 is 0.769 bits per heavy atom. The normalized spacial score (nSPS) is 11.0. The Hall–Kier alpha value is -4.79. The molecule has 39 heavy (non-hydrogen) atoms. The molecule has 6 nitrogen and oxygen atoms in total. The largest absolute Gasteiger partial charge is 0.493 e. The molecule has 0 radical (unpaired) electrons. The molecule has 2 amide bonds. The number of hydrogen-bond donors (Lipinski definition) is 2. The van der Waals surface area contributed by atoms with Crippen LogP contribution in [-0.4, -0.2) is 26.0 Å². The lowest BCUT2D eigenvalue weighted by Crippen LogP contribution is -2.23. The number of amides is 2. The molecule has 0 aliphatic carbocycles. The smallest absolute Gasteiger partial charge is 0.416 e. The molecular weight excluding hydrogens is 509 g/mol. The van der Waals surface area contributed by atoms with Crippen molar-refractivity contribution in [3.8, 4) is 22.6 Å². The van der Waals surface area contributed by atoms with Crippen molar-refractivity contribution in [1.29, 1.82) is 0 Å². The molecule has 0 spiro atoms. The number of carbonyl (C=O) groups excluding carboxylic acids is 2. The number of nitrogens with one attached hydrogen (secondary N) is 2. The number of rotatable bonds is 8. The van der Waals surface area contributed by atoms with Crippen molar-refractivity contribution >= 4 is 17.5 Å². The van der Waals surface area contributed by atoms with Crippen LogP contribution in [0.15, 0.2) is 91.0 Å². The lowest BCUT2D eigenvalue weighted by atomic mass is 9.98. The van der Waals surface area contributed by atoms with Gasteiger partial charge in [-0.05, 0) is 65.2 Å². The number of hydrogen-bond acceptors (Lipinski definition) is 4. The van der Waals surface area contributed by atoms with Crippen LogP contribution in [-0.2, 0) is 12.7 Å². The molecule has 0 aromatic heterocycles. The van der Waals surface area contributed by atoms with Gasteiger partial charge in [-0.3, -0.25) is 9.59 Å². The number of alkyl halides is 3. The summed E-state index contributed by atoms with van der Waals surface area (Å²) in [5, 5.41) is 5.61. The Bertz CT molecular complexity index is 1480. The summed E-state index contributed by atoms with van der Waals surface area (Å²) in [5.41, 5.74) is 2.00. The number of anilines is 1. The monoisotopic (exact) mass is 534 g/mol. The average molecular weight is 535 g/mol. The van der Waals surface area contributed by atoms with E-state index in [1.807, 2.05) is 6.07 Å². The third kappa shape index (κ3) is 6.56. The van der Waals surface area contributed by atoms with Crippen LogP contribution in [0.1, 0.15) is 31.8 Å². The predicted molar refractivity (Wildman–Crippen MR) is 142 cm³/mol. The predicted octanol–water partition coefficient (Wildman–Crippen LogP) is 6.57. The minimum Gasteiger partial charge on any atom is -0.493 e. The Labute approximate surface area is 223 Å². The Morgan fingerprint density at radius 2 is 1.49 bits per heavy atom. The minimum atomic E-state index is -4.45. The summed E-state index contributed by atoms with van der Waals surface area (Å²) in [6.07, 6.45) is -4.45. The Balaban J connectivity index is 1.46. The summed E-state index contributed by atoms with van der Waals surface area (Å²) in [7, 11) is 3.07. The van der Waals surface area contributed by atoms with Crippen molar-refractivity contribution in [2.75, 3.05) is 19.5 Å². The van der Waals surface area contributed by atoms with Gasteiger partial charge in [-0.1, -0.05) is 42.5 Å². The van der Waals surface area contributed by atoms with Crippen LogP contribution in [0.5, 0.6) is 11.5 Å². The van der Waals surface area contributed by atoms with Crippen molar-refractivity contribution in [3.05, 3.63) is 113 Å². The van der Waals surface area contributed by atoms with E-state index in [1.165, 1.54) is 19.2 Å². The molecular formula is C30H25F3N2O4. The second kappa shape index (κ2) is 11.7. The lowest BCUT2D eigenvalue weighted by molar-refractivity contribution is -0.137. The van der Waals surface area contributed by atoms with Crippen molar-refractivity contribution in [3.63, 3.8) is 0 Å². The van der Waals surface area contributed by atoms with E-state index in [0.717, 1.165) is 17.7 Å². The highest BCUT2D eigenvalue weighted by molar-refractivity contribution is 6.09. The number of benzene rings is 4. The van der Waals surface area contributed by atoms with E-state index in [-0.39, 0.29) is 18.0 Å². The lowest BCUT2D eigenvalue weighted by Gasteiger charge is -2.13. The first-order valence-electron chi connectivity index (χ1n) is 11.9. The molecule has 0 atom stereocenters. The quantitative estimate of drug-likeness (QED) is 0.268. The van der Waals surface area contributed by atoms with Gasteiger partial charge in [0.2, 0.25) is 0 Å². The van der Waals surface area contributed by atoms with Crippen LogP contribution >= 0.6 is 0 Å². The summed E-state index contributed by atoms with van der Waals surface area (Å²) in [6.45, 7) is 0.246. The summed E-state index contributed by atoms with van der Waals surface area (Å²) in [6, 6.07) is 23.0. The van der Waals surface area contributed by atoms with Gasteiger partial charge in [0.15, 0.2) is 11.5 Å². The fraction of sp³-hybridized carbons (Fsp3) is 0.133. The first-order valence-corrected chi connectivity index (χ1v) is 11.9. The molecule has 200 valence electrons. The maximum atomic E-state index is 13.1. The van der Waals surface area contributed by atoms with E-state index < -0.39 is 17.6 Å². The van der Waals surface area contributed by atoms with Gasteiger partial charge in [-0.25, -0.2) is 0 Å². The molecule has 4 aromatic carbocycles. The van der Waals surface area contributed by atoms with Crippen LogP contribution in [0, 0.1) is 0 Å². The fourth-order valence-corrected chi connectivity index (χ4v) is 3.98. The zero-order valence-corrected chi connectivity index (χ0v) is 21.1. The summed E-state index contributed by atoms with van der Waals surface area (Å²) >= 11 is 0. The van der Waals surface area contributed by atoms with E-state index in [2.05, 4.69) is 10.6 Å². The highest BCUT2D eigenvalue weighted by Crippen LogP contribution is 2.32. The van der Waals surface area contributed by atoms with E-state index in [4.69, 9.17) is 9.47 Å². The summed E-state index contributed by atoms with van der Waals surface area (Å²) in [5.74, 6) is 0.320. The van der Waals surface area contributed by atoms with Gasteiger partial charge in [-0.15, -0.1) is 0 Å². The molecule has 0 aliphatic rings. The topological polar surface area (TPSA) is 76.7 Å². The SMILES string of the molecule is COc1ccc(CNC(=O)c2cccc(NC(=O)c3ccccc3-c3ccc(C(F)(F)F)cc3)c2)cc1OC. The van der Waals surface area contributed by atoms with Gasteiger partial charge in [0, 0.05) is 23.4 Å². The molecule has 4 rings (SSSR count). The van der Waals surface area contributed by atoms with Gasteiger partial charge in [0.1, 0.15) is 0 Å². The standard InChI is InChI=1S/C30H25F3N2O4/c1-38-26-15-10-19(16-27(26)39-2)18-34-28(36)21-6-5-7-23(17-21)35-29(37)25-9-4-3-8-24(25)20-11-13-22(14-12-20)30(31,32)33/h3-17H,18H2,1-2H3,(H,34,36)(H,35,37). The van der Waals surface area contributed by atoms with Crippen LogP contribution in [0.2, 0.25) is 0 Å². The van der Waals surface area contributed by atoms with Crippen LogP contribution in [0.3, 0.4) is 0 Å². The molecule has 4 aromatic rings. The number of halogens is 3. The third-order valence-electron chi connectivity index (χ3n) is 5.98. The van der Waals surface area contributed by atoms with Crippen molar-refractivity contribution < 1.29 is 32.2 Å². The molecule has 9 heteroatoms. The Morgan fingerprint density at radius 3 is 2.18 bits per heavy atom. The first kappa shape index (κ1) is 27.3. The maximum absolute atomic E-state index is 13.1. The highest BCUT2D eigenvalue weighted by Gasteiger charge is 2.30. The van der Waals surface area contributed by atoms with Crippen molar-refractivity contribution in [1.82, 2.24) is 5.32 Å². The van der Waals surface area contributed by atoms with Crippen LogP contribution < -0.4 is 20.1 Å². The van der Waals surface area contributed by atoms with Crippen molar-refractivity contribution in [2.24, 2.45) is 0 Å². The molecule has 0 saturated carbocycles. The van der Waals surface area contributed by atoms with E-state index in [1.54, 1.807) is 67.8 Å². The minimum absolute atomic E-state index is 0.246. The van der Waals surface area contributed by atoms with Crippen LogP contribution in [0.25, 0.3) is 11.1 Å². The molecule has 0 bridgehead atoms. The van der Waals surface area contributed by atoms with Crippen LogP contribution in [0.4, 0.5) is 18.9 Å². The molecule has 0 fully saturated rings. The van der Waals surface area contributed by atoms with Gasteiger partial charge in [-0.2, -0.15) is 13.2 Å². The number of carbonyl (C=O) groups is 2. The number of ether oxygens (including phenoxy) is 2. The number of methoxy groups -OCH3 is 2. The highest BCUT2D eigenvalue weighted by atomic mass is 19.4. The van der Waals surface area contributed by atoms with Gasteiger partial charge >= 0.3 is 6.18 Å².